The molecule has 1 heterocycles. The van der Waals surface area contributed by atoms with Gasteiger partial charge < -0.3 is 14.9 Å². The quantitative estimate of drug-likeness (QED) is 0.476. The summed E-state index contributed by atoms with van der Waals surface area (Å²) >= 11 is 0. The Kier molecular flexibility index (Phi) is 3.74. The van der Waals surface area contributed by atoms with Gasteiger partial charge in [0, 0.05) is 26.2 Å². The Morgan fingerprint density at radius 1 is 1.38 bits per heavy atom. The Morgan fingerprint density at radius 2 is 2.00 bits per heavy atom. The summed E-state index contributed by atoms with van der Waals surface area (Å²) in [5.41, 5.74) is 0. The van der Waals surface area contributed by atoms with Crippen molar-refractivity contribution < 1.29 is 9.90 Å². The monoisotopic (exact) mass is 182 g/mol. The second-order valence-electron chi connectivity index (χ2n) is 3.06. The summed E-state index contributed by atoms with van der Waals surface area (Å²) in [5.74, 6) is 4.56. The molecule has 1 saturated heterocycles. The molecular weight excluding hydrogens is 168 g/mol. The number of aliphatic hydroxyl groups excluding tert-OH is 1. The van der Waals surface area contributed by atoms with Crippen LogP contribution in [0.4, 0.5) is 0 Å². The zero-order chi connectivity index (χ0) is 9.68. The van der Waals surface area contributed by atoms with Crippen molar-refractivity contribution >= 4 is 5.91 Å². The van der Waals surface area contributed by atoms with Crippen LogP contribution < -0.4 is 0 Å². The molecule has 0 spiro atoms. The van der Waals surface area contributed by atoms with Gasteiger partial charge in [-0.15, -0.1) is 0 Å². The molecule has 1 aliphatic heterocycles. The third-order valence-electron chi connectivity index (χ3n) is 2.06. The first kappa shape index (κ1) is 10.0. The number of carbonyl (C=O) groups is 1. The number of carbonyl (C=O) groups excluding carboxylic acids is 1. The molecule has 0 aromatic heterocycles. The average molecular weight is 182 g/mol. The highest BCUT2D eigenvalue weighted by molar-refractivity contribution is 5.93. The number of likely N-dealkylation sites (N-methyl/N-ethyl adjacent to an activating group) is 1. The third-order valence-corrected chi connectivity index (χ3v) is 2.06. The molecule has 0 atom stereocenters. The van der Waals surface area contributed by atoms with Crippen LogP contribution in [0.1, 0.15) is 0 Å². The van der Waals surface area contributed by atoms with E-state index in [0.717, 1.165) is 26.2 Å². The van der Waals surface area contributed by atoms with Crippen molar-refractivity contribution in [1.82, 2.24) is 9.80 Å². The number of aliphatic hydroxyl groups is 1. The predicted octanol–water partition coefficient (Wildman–Crippen LogP) is -1.24. The van der Waals surface area contributed by atoms with Crippen LogP contribution in [-0.2, 0) is 4.79 Å². The minimum atomic E-state index is -0.251. The normalized spacial score (nSPS) is 17.8. The first-order valence-electron chi connectivity index (χ1n) is 4.31. The fourth-order valence-corrected chi connectivity index (χ4v) is 1.20. The van der Waals surface area contributed by atoms with Crippen LogP contribution in [0.25, 0.3) is 0 Å². The van der Waals surface area contributed by atoms with Gasteiger partial charge in [-0.2, -0.15) is 0 Å². The number of hydrogen-bond acceptors (Lipinski definition) is 3. The number of piperazine rings is 1. The lowest BCUT2D eigenvalue weighted by atomic mass is 10.3. The lowest BCUT2D eigenvalue weighted by molar-refractivity contribution is -0.126. The third kappa shape index (κ3) is 3.05. The van der Waals surface area contributed by atoms with E-state index in [9.17, 15) is 4.79 Å². The van der Waals surface area contributed by atoms with Gasteiger partial charge >= 0.3 is 0 Å². The molecular formula is C9H14N2O2. The van der Waals surface area contributed by atoms with E-state index >= 15 is 0 Å². The van der Waals surface area contributed by atoms with Crippen LogP contribution in [0.2, 0.25) is 0 Å². The molecule has 1 fully saturated rings. The van der Waals surface area contributed by atoms with E-state index in [4.69, 9.17) is 5.11 Å². The standard InChI is InChI=1S/C9H14N2O2/c1-10-4-6-11(7-5-10)9(13)3-2-8-12/h12H,4-8H2,1H3. The topological polar surface area (TPSA) is 43.8 Å². The molecule has 1 aliphatic rings. The predicted molar refractivity (Wildman–Crippen MR) is 48.9 cm³/mol. The molecule has 0 bridgehead atoms. The number of amides is 1. The molecule has 0 saturated carbocycles. The van der Waals surface area contributed by atoms with Crippen LogP contribution in [0, 0.1) is 11.8 Å². The molecule has 0 radical (unpaired) electrons. The number of nitrogens with zero attached hydrogens (tertiary/aromatic N) is 2. The molecule has 0 aromatic carbocycles. The van der Waals surface area contributed by atoms with Gasteiger partial charge in [0.25, 0.3) is 5.91 Å². The van der Waals surface area contributed by atoms with E-state index in [1.165, 1.54) is 0 Å². The van der Waals surface area contributed by atoms with Crippen LogP contribution in [0.3, 0.4) is 0 Å². The van der Waals surface area contributed by atoms with Gasteiger partial charge in [-0.05, 0) is 13.0 Å². The van der Waals surface area contributed by atoms with Gasteiger partial charge in [0.1, 0.15) is 6.61 Å². The van der Waals surface area contributed by atoms with Gasteiger partial charge in [0.05, 0.1) is 0 Å². The van der Waals surface area contributed by atoms with E-state index in [-0.39, 0.29) is 12.5 Å². The van der Waals surface area contributed by atoms with Crippen molar-refractivity contribution in [2.75, 3.05) is 39.8 Å². The van der Waals surface area contributed by atoms with Crippen molar-refractivity contribution in [3.8, 4) is 11.8 Å². The summed E-state index contributed by atoms with van der Waals surface area (Å²) in [6.07, 6.45) is 0. The Bertz CT molecular complexity index is 234. The zero-order valence-corrected chi connectivity index (χ0v) is 7.79. The summed E-state index contributed by atoms with van der Waals surface area (Å²) in [4.78, 5) is 15.2. The van der Waals surface area contributed by atoms with Crippen LogP contribution in [0.5, 0.6) is 0 Å². The fraction of sp³-hybridized carbons (Fsp3) is 0.667. The molecule has 72 valence electrons. The molecule has 1 N–H and O–H groups in total. The summed E-state index contributed by atoms with van der Waals surface area (Å²) in [6, 6.07) is 0. The summed E-state index contributed by atoms with van der Waals surface area (Å²) in [6.45, 7) is 3.00. The van der Waals surface area contributed by atoms with Gasteiger partial charge in [0.2, 0.25) is 0 Å². The first-order chi connectivity index (χ1) is 6.24. The van der Waals surface area contributed by atoms with Gasteiger partial charge in [-0.25, -0.2) is 0 Å². The molecule has 0 aliphatic carbocycles. The van der Waals surface area contributed by atoms with Gasteiger partial charge in [-0.1, -0.05) is 5.92 Å². The first-order valence-corrected chi connectivity index (χ1v) is 4.31. The van der Waals surface area contributed by atoms with Crippen LogP contribution in [-0.4, -0.2) is 60.6 Å². The van der Waals surface area contributed by atoms with E-state index in [1.54, 1.807) is 4.90 Å². The Labute approximate surface area is 78.1 Å². The average Bonchev–Trinajstić information content (AvgIpc) is 2.15. The van der Waals surface area contributed by atoms with Crippen LogP contribution >= 0.6 is 0 Å². The molecule has 0 aromatic rings. The molecule has 4 heteroatoms. The maximum absolute atomic E-state index is 11.3. The second-order valence-corrected chi connectivity index (χ2v) is 3.06. The summed E-state index contributed by atoms with van der Waals surface area (Å²) < 4.78 is 0. The highest BCUT2D eigenvalue weighted by Gasteiger charge is 2.16. The van der Waals surface area contributed by atoms with E-state index in [2.05, 4.69) is 16.7 Å². The van der Waals surface area contributed by atoms with Crippen molar-refractivity contribution in [3.05, 3.63) is 0 Å². The van der Waals surface area contributed by atoms with Crippen molar-refractivity contribution in [1.29, 1.82) is 0 Å². The van der Waals surface area contributed by atoms with E-state index < -0.39 is 0 Å². The smallest absolute Gasteiger partial charge is 0.298 e. The van der Waals surface area contributed by atoms with E-state index in [0.29, 0.717) is 0 Å². The molecule has 4 nitrogen and oxygen atoms in total. The van der Waals surface area contributed by atoms with Crippen molar-refractivity contribution in [3.63, 3.8) is 0 Å². The number of rotatable bonds is 0. The van der Waals surface area contributed by atoms with Gasteiger partial charge in [0.15, 0.2) is 0 Å². The molecule has 1 amide bonds. The lowest BCUT2D eigenvalue weighted by Gasteiger charge is -2.30. The SMILES string of the molecule is CN1CCN(C(=O)C#CCO)CC1. The summed E-state index contributed by atoms with van der Waals surface area (Å²) in [5, 5.41) is 8.40. The lowest BCUT2D eigenvalue weighted by Crippen LogP contribution is -2.46. The zero-order valence-electron chi connectivity index (χ0n) is 7.79. The minimum absolute atomic E-state index is 0.179. The number of hydrogen-bond donors (Lipinski definition) is 1. The fourth-order valence-electron chi connectivity index (χ4n) is 1.20. The highest BCUT2D eigenvalue weighted by atomic mass is 16.2. The summed E-state index contributed by atoms with van der Waals surface area (Å²) in [7, 11) is 2.03. The van der Waals surface area contributed by atoms with E-state index in [1.807, 2.05) is 7.05 Å². The maximum atomic E-state index is 11.3. The van der Waals surface area contributed by atoms with Crippen molar-refractivity contribution in [2.45, 2.75) is 0 Å². The Morgan fingerprint density at radius 3 is 2.54 bits per heavy atom. The highest BCUT2D eigenvalue weighted by Crippen LogP contribution is 1.98. The second kappa shape index (κ2) is 4.85. The molecule has 13 heavy (non-hydrogen) atoms. The minimum Gasteiger partial charge on any atom is -0.384 e. The maximum Gasteiger partial charge on any atom is 0.298 e. The largest absolute Gasteiger partial charge is 0.384 e. The molecule has 1 rings (SSSR count). The Balaban J connectivity index is 2.40. The van der Waals surface area contributed by atoms with Crippen LogP contribution in [0.15, 0.2) is 0 Å². The van der Waals surface area contributed by atoms with Gasteiger partial charge in [-0.3, -0.25) is 4.79 Å². The molecule has 0 unspecified atom stereocenters. The Hall–Kier alpha value is -1.05. The van der Waals surface area contributed by atoms with Crippen molar-refractivity contribution in [2.24, 2.45) is 0 Å².